The number of likely N-dealkylation sites (N-methyl/N-ethyl adjacent to an activating group) is 1. The van der Waals surface area contributed by atoms with Crippen molar-refractivity contribution in [3.05, 3.63) is 30.0 Å². The molecule has 1 amide bonds. The molecule has 1 atom stereocenters. The van der Waals surface area contributed by atoms with Crippen LogP contribution in [-0.4, -0.2) is 46.8 Å². The zero-order valence-electron chi connectivity index (χ0n) is 12.0. The molecule has 1 aliphatic heterocycles. The largest absolute Gasteiger partial charge is 0.339 e. The molecule has 106 valence electrons. The summed E-state index contributed by atoms with van der Waals surface area (Å²) in [6, 6.07) is 8.26. The van der Waals surface area contributed by atoms with Gasteiger partial charge >= 0.3 is 0 Å². The van der Waals surface area contributed by atoms with Crippen molar-refractivity contribution in [2.24, 2.45) is 7.05 Å². The Morgan fingerprint density at radius 3 is 3.05 bits per heavy atom. The Kier molecular flexibility index (Phi) is 3.44. The van der Waals surface area contributed by atoms with Gasteiger partial charge < -0.3 is 10.2 Å². The number of carbonyl (C=O) groups is 1. The molecule has 5 heteroatoms. The second-order valence-electron chi connectivity index (χ2n) is 5.47. The Morgan fingerprint density at radius 2 is 2.30 bits per heavy atom. The van der Waals surface area contributed by atoms with E-state index in [-0.39, 0.29) is 5.91 Å². The van der Waals surface area contributed by atoms with Crippen molar-refractivity contribution in [1.29, 1.82) is 0 Å². The molecule has 2 aromatic rings. The molecule has 1 fully saturated rings. The molecule has 20 heavy (non-hydrogen) atoms. The van der Waals surface area contributed by atoms with Gasteiger partial charge in [0.15, 0.2) is 5.69 Å². The summed E-state index contributed by atoms with van der Waals surface area (Å²) in [7, 11) is 3.73. The molecule has 0 bridgehead atoms. The molecule has 1 saturated heterocycles. The van der Waals surface area contributed by atoms with Crippen LogP contribution in [0.1, 0.15) is 23.3 Å². The zero-order valence-corrected chi connectivity index (χ0v) is 12.0. The third kappa shape index (κ3) is 2.29. The van der Waals surface area contributed by atoms with Crippen molar-refractivity contribution >= 4 is 16.8 Å². The highest BCUT2D eigenvalue weighted by molar-refractivity contribution is 6.04. The first-order valence-corrected chi connectivity index (χ1v) is 7.07. The lowest BCUT2D eigenvalue weighted by Crippen LogP contribution is -2.38. The van der Waals surface area contributed by atoms with Crippen molar-refractivity contribution in [3.63, 3.8) is 0 Å². The number of amides is 1. The van der Waals surface area contributed by atoms with E-state index < -0.39 is 0 Å². The maximum Gasteiger partial charge on any atom is 0.274 e. The monoisotopic (exact) mass is 272 g/mol. The Morgan fingerprint density at radius 1 is 1.50 bits per heavy atom. The molecule has 1 N–H and O–H groups in total. The predicted molar refractivity (Wildman–Crippen MR) is 78.7 cm³/mol. The lowest BCUT2D eigenvalue weighted by molar-refractivity contribution is 0.0779. The van der Waals surface area contributed by atoms with E-state index in [0.29, 0.717) is 11.7 Å². The van der Waals surface area contributed by atoms with E-state index in [1.54, 1.807) is 9.58 Å². The standard InChI is InChI=1S/C15H20N4O/c1-18(10-11-6-5-9-16-11)15(20)14-12-7-3-4-8-13(12)19(2)17-14/h3-4,7-8,11,16H,5-6,9-10H2,1-2H3. The molecule has 0 saturated carbocycles. The number of nitrogens with zero attached hydrogens (tertiary/aromatic N) is 3. The van der Waals surface area contributed by atoms with Crippen LogP contribution in [0.5, 0.6) is 0 Å². The van der Waals surface area contributed by atoms with Crippen LogP contribution in [0, 0.1) is 0 Å². The quantitative estimate of drug-likeness (QED) is 0.919. The second-order valence-corrected chi connectivity index (χ2v) is 5.47. The van der Waals surface area contributed by atoms with Gasteiger partial charge in [-0.15, -0.1) is 0 Å². The van der Waals surface area contributed by atoms with Crippen LogP contribution in [0.25, 0.3) is 10.9 Å². The number of aryl methyl sites for hydroxylation is 1. The highest BCUT2D eigenvalue weighted by Gasteiger charge is 2.23. The van der Waals surface area contributed by atoms with Crippen molar-refractivity contribution in [2.45, 2.75) is 18.9 Å². The number of aromatic nitrogens is 2. The van der Waals surface area contributed by atoms with Crippen LogP contribution >= 0.6 is 0 Å². The number of carbonyl (C=O) groups excluding carboxylic acids is 1. The fourth-order valence-electron chi connectivity index (χ4n) is 2.88. The van der Waals surface area contributed by atoms with Gasteiger partial charge in [0.1, 0.15) is 0 Å². The molecule has 1 aromatic carbocycles. The van der Waals surface area contributed by atoms with Crippen molar-refractivity contribution < 1.29 is 4.79 Å². The second kappa shape index (κ2) is 5.25. The summed E-state index contributed by atoms with van der Waals surface area (Å²) in [5.74, 6) is -0.00417. The highest BCUT2D eigenvalue weighted by Crippen LogP contribution is 2.19. The maximum absolute atomic E-state index is 12.6. The average Bonchev–Trinajstić information content (AvgIpc) is 3.07. The number of para-hydroxylation sites is 1. The number of rotatable bonds is 3. The molecule has 5 nitrogen and oxygen atoms in total. The fourth-order valence-corrected chi connectivity index (χ4v) is 2.88. The molecule has 1 unspecified atom stereocenters. The lowest BCUT2D eigenvalue weighted by atomic mass is 10.2. The zero-order chi connectivity index (χ0) is 14.1. The van der Waals surface area contributed by atoms with E-state index >= 15 is 0 Å². The number of hydrogen-bond acceptors (Lipinski definition) is 3. The van der Waals surface area contributed by atoms with E-state index in [1.165, 1.54) is 6.42 Å². The molecule has 0 aliphatic carbocycles. The summed E-state index contributed by atoms with van der Waals surface area (Å²) in [5.41, 5.74) is 1.53. The first kappa shape index (κ1) is 13.1. The van der Waals surface area contributed by atoms with Gasteiger partial charge in [0, 0.05) is 32.1 Å². The SMILES string of the molecule is CN(CC1CCCN1)C(=O)c1nn(C)c2ccccc12. The number of fused-ring (bicyclic) bond motifs is 1. The van der Waals surface area contributed by atoms with E-state index in [9.17, 15) is 4.79 Å². The highest BCUT2D eigenvalue weighted by atomic mass is 16.2. The van der Waals surface area contributed by atoms with Crippen LogP contribution < -0.4 is 5.32 Å². The van der Waals surface area contributed by atoms with Crippen LogP contribution in [0.2, 0.25) is 0 Å². The summed E-state index contributed by atoms with van der Waals surface area (Å²) in [6.45, 7) is 1.79. The summed E-state index contributed by atoms with van der Waals surface area (Å²) < 4.78 is 1.77. The molecule has 0 radical (unpaired) electrons. The number of hydrogen-bond donors (Lipinski definition) is 1. The van der Waals surface area contributed by atoms with Gasteiger partial charge in [-0.2, -0.15) is 5.10 Å². The van der Waals surface area contributed by atoms with E-state index in [2.05, 4.69) is 10.4 Å². The van der Waals surface area contributed by atoms with Gasteiger partial charge in [0.25, 0.3) is 5.91 Å². The van der Waals surface area contributed by atoms with Crippen LogP contribution in [0.15, 0.2) is 24.3 Å². The van der Waals surface area contributed by atoms with Gasteiger partial charge in [-0.3, -0.25) is 9.48 Å². The molecular formula is C15H20N4O. The van der Waals surface area contributed by atoms with Gasteiger partial charge in [0.05, 0.1) is 5.52 Å². The summed E-state index contributed by atoms with van der Waals surface area (Å²) >= 11 is 0. The Balaban J connectivity index is 1.84. The molecule has 0 spiro atoms. The summed E-state index contributed by atoms with van der Waals surface area (Å²) in [6.07, 6.45) is 2.33. The summed E-state index contributed by atoms with van der Waals surface area (Å²) in [5, 5.41) is 8.73. The van der Waals surface area contributed by atoms with Gasteiger partial charge in [-0.25, -0.2) is 0 Å². The predicted octanol–water partition coefficient (Wildman–Crippen LogP) is 1.40. The fraction of sp³-hybridized carbons (Fsp3) is 0.467. The number of benzene rings is 1. The normalized spacial score (nSPS) is 18.6. The smallest absolute Gasteiger partial charge is 0.274 e. The average molecular weight is 272 g/mol. The van der Waals surface area contributed by atoms with Crippen LogP contribution in [0.4, 0.5) is 0 Å². The summed E-state index contributed by atoms with van der Waals surface area (Å²) in [4.78, 5) is 14.4. The third-order valence-corrected chi connectivity index (χ3v) is 3.96. The van der Waals surface area contributed by atoms with Gasteiger partial charge in [0.2, 0.25) is 0 Å². The minimum Gasteiger partial charge on any atom is -0.339 e. The first-order valence-electron chi connectivity index (χ1n) is 7.07. The lowest BCUT2D eigenvalue weighted by Gasteiger charge is -2.20. The molecule has 2 heterocycles. The molecule has 3 rings (SSSR count). The van der Waals surface area contributed by atoms with Gasteiger partial charge in [-0.1, -0.05) is 18.2 Å². The van der Waals surface area contributed by atoms with E-state index in [1.807, 2.05) is 38.4 Å². The van der Waals surface area contributed by atoms with Crippen LogP contribution in [-0.2, 0) is 7.05 Å². The maximum atomic E-state index is 12.6. The Labute approximate surface area is 118 Å². The Bertz CT molecular complexity index is 628. The number of nitrogens with one attached hydrogen (secondary N) is 1. The van der Waals surface area contributed by atoms with E-state index in [4.69, 9.17) is 0 Å². The van der Waals surface area contributed by atoms with Crippen LogP contribution in [0.3, 0.4) is 0 Å². The molecule has 1 aliphatic rings. The Hall–Kier alpha value is -1.88. The minimum atomic E-state index is -0.00417. The minimum absolute atomic E-state index is 0.00417. The molecule has 1 aromatic heterocycles. The van der Waals surface area contributed by atoms with Crippen molar-refractivity contribution in [3.8, 4) is 0 Å². The molecular weight excluding hydrogens is 252 g/mol. The van der Waals surface area contributed by atoms with E-state index in [0.717, 1.165) is 30.4 Å². The van der Waals surface area contributed by atoms with Crippen molar-refractivity contribution in [2.75, 3.05) is 20.1 Å². The topological polar surface area (TPSA) is 50.2 Å². The third-order valence-electron chi connectivity index (χ3n) is 3.96. The van der Waals surface area contributed by atoms with Crippen molar-refractivity contribution in [1.82, 2.24) is 20.0 Å². The first-order chi connectivity index (χ1) is 9.66. The van der Waals surface area contributed by atoms with Gasteiger partial charge in [-0.05, 0) is 25.5 Å².